The highest BCUT2D eigenvalue weighted by molar-refractivity contribution is 6.34. The van der Waals surface area contributed by atoms with Crippen molar-refractivity contribution in [1.29, 1.82) is 0 Å². The van der Waals surface area contributed by atoms with Crippen molar-refractivity contribution in [1.82, 2.24) is 0 Å². The fraction of sp³-hybridized carbons (Fsp3) is 0.200. The molecule has 0 aromatic heterocycles. The standard InChI is InChI=1S/C10H7ClN2O4/c11-8-3-6(13(16)17)1-2-9(8)12-5-7(14)4-10(12)15/h1-3H,4-5H2. The molecule has 6 nitrogen and oxygen atoms in total. The summed E-state index contributed by atoms with van der Waals surface area (Å²) < 4.78 is 0. The van der Waals surface area contributed by atoms with Gasteiger partial charge < -0.3 is 4.90 Å². The van der Waals surface area contributed by atoms with Crippen LogP contribution in [0.25, 0.3) is 0 Å². The van der Waals surface area contributed by atoms with Crippen LogP contribution in [0, 0.1) is 10.1 Å². The van der Waals surface area contributed by atoms with E-state index in [2.05, 4.69) is 0 Å². The van der Waals surface area contributed by atoms with E-state index in [0.29, 0.717) is 5.69 Å². The van der Waals surface area contributed by atoms with Crippen molar-refractivity contribution in [2.45, 2.75) is 6.42 Å². The van der Waals surface area contributed by atoms with Crippen LogP contribution in [0.4, 0.5) is 11.4 Å². The molecule has 0 bridgehead atoms. The van der Waals surface area contributed by atoms with Gasteiger partial charge in [0.15, 0.2) is 5.78 Å². The summed E-state index contributed by atoms with van der Waals surface area (Å²) in [6.07, 6.45) is -0.146. The molecule has 0 aliphatic carbocycles. The second-order valence-corrected chi connectivity index (χ2v) is 4.00. The molecule has 0 saturated carbocycles. The number of Topliss-reactive ketones (excluding diaryl/α,β-unsaturated/α-hetero) is 1. The van der Waals surface area contributed by atoms with Gasteiger partial charge in [0, 0.05) is 12.1 Å². The molecule has 0 radical (unpaired) electrons. The largest absolute Gasteiger partial charge is 0.303 e. The molecule has 17 heavy (non-hydrogen) atoms. The van der Waals surface area contributed by atoms with Gasteiger partial charge in [-0.3, -0.25) is 19.7 Å². The number of hydrogen-bond donors (Lipinski definition) is 0. The Morgan fingerprint density at radius 2 is 2.06 bits per heavy atom. The van der Waals surface area contributed by atoms with Crippen molar-refractivity contribution in [3.8, 4) is 0 Å². The van der Waals surface area contributed by atoms with Crippen molar-refractivity contribution in [3.05, 3.63) is 33.3 Å². The maximum absolute atomic E-state index is 11.5. The third kappa shape index (κ3) is 2.12. The minimum atomic E-state index is -0.577. The Labute approximate surface area is 101 Å². The smallest absolute Gasteiger partial charge is 0.271 e. The molecule has 1 heterocycles. The minimum absolute atomic E-state index is 0.0314. The highest BCUT2D eigenvalue weighted by atomic mass is 35.5. The molecule has 1 fully saturated rings. The number of nitro benzene ring substituents is 1. The lowest BCUT2D eigenvalue weighted by Gasteiger charge is -2.15. The molecule has 1 aromatic rings. The molecular formula is C10H7ClN2O4. The van der Waals surface area contributed by atoms with E-state index in [9.17, 15) is 19.7 Å². The lowest BCUT2D eigenvalue weighted by molar-refractivity contribution is -0.384. The van der Waals surface area contributed by atoms with Crippen molar-refractivity contribution in [2.75, 3.05) is 11.4 Å². The van der Waals surface area contributed by atoms with E-state index in [-0.39, 0.29) is 35.4 Å². The summed E-state index contributed by atoms with van der Waals surface area (Å²) in [6.45, 7) is -0.0314. The average molecular weight is 255 g/mol. The predicted octanol–water partition coefficient (Wildman–Crippen LogP) is 1.55. The highest BCUT2D eigenvalue weighted by Crippen LogP contribution is 2.31. The molecule has 0 N–H and O–H groups in total. The Morgan fingerprint density at radius 3 is 2.53 bits per heavy atom. The van der Waals surface area contributed by atoms with E-state index in [1.807, 2.05) is 0 Å². The first-order valence-corrected chi connectivity index (χ1v) is 5.13. The first-order chi connectivity index (χ1) is 7.99. The second kappa shape index (κ2) is 4.14. The summed E-state index contributed by atoms with van der Waals surface area (Å²) in [7, 11) is 0. The number of ketones is 1. The molecule has 2 rings (SSSR count). The highest BCUT2D eigenvalue weighted by Gasteiger charge is 2.30. The van der Waals surface area contributed by atoms with Gasteiger partial charge in [0.1, 0.15) is 0 Å². The molecular weight excluding hydrogens is 248 g/mol. The fourth-order valence-electron chi connectivity index (χ4n) is 1.63. The number of nitro groups is 1. The Balaban J connectivity index is 2.37. The van der Waals surface area contributed by atoms with E-state index < -0.39 is 4.92 Å². The number of carbonyl (C=O) groups is 2. The third-order valence-electron chi connectivity index (χ3n) is 2.42. The lowest BCUT2D eigenvalue weighted by Crippen LogP contribution is -2.24. The molecule has 7 heteroatoms. The van der Waals surface area contributed by atoms with Crippen LogP contribution in [0.15, 0.2) is 18.2 Å². The number of hydrogen-bond acceptors (Lipinski definition) is 4. The number of rotatable bonds is 2. The Bertz CT molecular complexity index is 529. The molecule has 1 aromatic carbocycles. The van der Waals surface area contributed by atoms with Crippen LogP contribution in [0.2, 0.25) is 5.02 Å². The molecule has 88 valence electrons. The zero-order chi connectivity index (χ0) is 12.6. The van der Waals surface area contributed by atoms with E-state index in [4.69, 9.17) is 11.6 Å². The van der Waals surface area contributed by atoms with Gasteiger partial charge in [0.2, 0.25) is 5.91 Å². The number of carbonyl (C=O) groups excluding carboxylic acids is 2. The molecule has 0 atom stereocenters. The van der Waals surface area contributed by atoms with Gasteiger partial charge in [-0.2, -0.15) is 0 Å². The number of amides is 1. The molecule has 0 unspecified atom stereocenters. The zero-order valence-corrected chi connectivity index (χ0v) is 9.31. The predicted molar refractivity (Wildman–Crippen MR) is 60.1 cm³/mol. The van der Waals surface area contributed by atoms with E-state index in [1.165, 1.54) is 17.0 Å². The number of anilines is 1. The van der Waals surface area contributed by atoms with Crippen LogP contribution in [-0.2, 0) is 9.59 Å². The summed E-state index contributed by atoms with van der Waals surface area (Å²) >= 11 is 5.86. The molecule has 1 amide bonds. The molecule has 1 aliphatic rings. The minimum Gasteiger partial charge on any atom is -0.303 e. The zero-order valence-electron chi connectivity index (χ0n) is 8.55. The van der Waals surface area contributed by atoms with E-state index in [0.717, 1.165) is 6.07 Å². The van der Waals surface area contributed by atoms with E-state index in [1.54, 1.807) is 0 Å². The van der Waals surface area contributed by atoms with Crippen molar-refractivity contribution < 1.29 is 14.5 Å². The first kappa shape index (κ1) is 11.5. The topological polar surface area (TPSA) is 80.5 Å². The Morgan fingerprint density at radius 1 is 1.35 bits per heavy atom. The Kier molecular flexibility index (Phi) is 2.81. The number of non-ortho nitro benzene ring substituents is 1. The lowest BCUT2D eigenvalue weighted by atomic mass is 10.2. The van der Waals surface area contributed by atoms with Gasteiger partial charge in [-0.15, -0.1) is 0 Å². The second-order valence-electron chi connectivity index (χ2n) is 3.59. The summed E-state index contributed by atoms with van der Waals surface area (Å²) in [4.78, 5) is 33.7. The van der Waals surface area contributed by atoms with E-state index >= 15 is 0 Å². The SMILES string of the molecule is O=C1CC(=O)N(c2ccc([N+](=O)[O-])cc2Cl)C1. The maximum atomic E-state index is 11.5. The average Bonchev–Trinajstić information content (AvgIpc) is 2.57. The summed E-state index contributed by atoms with van der Waals surface area (Å²) in [5, 5.41) is 10.6. The molecule has 1 saturated heterocycles. The van der Waals surface area contributed by atoms with Crippen LogP contribution in [-0.4, -0.2) is 23.2 Å². The quantitative estimate of drug-likeness (QED) is 0.456. The first-order valence-electron chi connectivity index (χ1n) is 4.75. The van der Waals surface area contributed by atoms with Crippen molar-refractivity contribution in [2.24, 2.45) is 0 Å². The molecule has 1 aliphatic heterocycles. The summed E-state index contributed by atoms with van der Waals surface area (Å²) in [5.74, 6) is -0.532. The van der Waals surface area contributed by atoms with Gasteiger partial charge in [-0.1, -0.05) is 11.6 Å². The van der Waals surface area contributed by atoms with Crippen molar-refractivity contribution in [3.63, 3.8) is 0 Å². The number of benzene rings is 1. The van der Waals surface area contributed by atoms with Gasteiger partial charge in [-0.05, 0) is 6.07 Å². The Hall–Kier alpha value is -1.95. The van der Waals surface area contributed by atoms with Crippen LogP contribution in [0.1, 0.15) is 6.42 Å². The molecule has 0 spiro atoms. The normalized spacial score (nSPS) is 15.5. The van der Waals surface area contributed by atoms with Crippen LogP contribution in [0.3, 0.4) is 0 Å². The summed E-state index contributed by atoms with van der Waals surface area (Å²) in [6, 6.07) is 3.78. The van der Waals surface area contributed by atoms with Gasteiger partial charge in [0.25, 0.3) is 5.69 Å². The van der Waals surface area contributed by atoms with Gasteiger partial charge in [0.05, 0.1) is 28.6 Å². The van der Waals surface area contributed by atoms with Crippen LogP contribution < -0.4 is 4.90 Å². The fourth-order valence-corrected chi connectivity index (χ4v) is 1.91. The third-order valence-corrected chi connectivity index (χ3v) is 2.72. The van der Waals surface area contributed by atoms with Gasteiger partial charge in [-0.25, -0.2) is 0 Å². The van der Waals surface area contributed by atoms with Crippen LogP contribution in [0.5, 0.6) is 0 Å². The number of halogens is 1. The van der Waals surface area contributed by atoms with Crippen LogP contribution >= 0.6 is 11.6 Å². The van der Waals surface area contributed by atoms with Crippen molar-refractivity contribution >= 4 is 34.7 Å². The van der Waals surface area contributed by atoms with Gasteiger partial charge >= 0.3 is 0 Å². The maximum Gasteiger partial charge on any atom is 0.271 e. The number of nitrogens with zero attached hydrogens (tertiary/aromatic N) is 2. The summed E-state index contributed by atoms with van der Waals surface area (Å²) in [5.41, 5.74) is 0.171. The monoisotopic (exact) mass is 254 g/mol.